The van der Waals surface area contributed by atoms with Crippen LogP contribution in [0.15, 0.2) is 29.2 Å². The van der Waals surface area contributed by atoms with Crippen molar-refractivity contribution in [3.05, 3.63) is 24.3 Å². The lowest BCUT2D eigenvalue weighted by Gasteiger charge is -2.13. The predicted molar refractivity (Wildman–Crippen MR) is 64.8 cm³/mol. The molecule has 1 N–H and O–H groups in total. The topological polar surface area (TPSA) is 64.6 Å². The van der Waals surface area contributed by atoms with Gasteiger partial charge in [-0.15, -0.1) is 13.2 Å². The first-order valence-electron chi connectivity index (χ1n) is 5.59. The average Bonchev–Trinajstić information content (AvgIpc) is 2.33. The van der Waals surface area contributed by atoms with E-state index in [9.17, 15) is 21.6 Å². The minimum absolute atomic E-state index is 0.0521. The molecular weight excluding hydrogens is 299 g/mol. The lowest BCUT2D eigenvalue weighted by Crippen LogP contribution is -2.27. The van der Waals surface area contributed by atoms with E-state index in [1.807, 2.05) is 0 Å². The lowest BCUT2D eigenvalue weighted by molar-refractivity contribution is -0.275. The van der Waals surface area contributed by atoms with E-state index in [1.54, 1.807) is 0 Å². The monoisotopic (exact) mass is 313 g/mol. The van der Waals surface area contributed by atoms with Crippen LogP contribution in [0.1, 0.15) is 6.42 Å². The molecule has 0 amide bonds. The van der Waals surface area contributed by atoms with Gasteiger partial charge >= 0.3 is 6.36 Å². The lowest BCUT2D eigenvalue weighted by atomic mass is 10.3. The van der Waals surface area contributed by atoms with Gasteiger partial charge in [0.1, 0.15) is 10.6 Å². The molecule has 20 heavy (non-hydrogen) atoms. The summed E-state index contributed by atoms with van der Waals surface area (Å²) >= 11 is 0. The molecule has 0 aliphatic rings. The second kappa shape index (κ2) is 6.91. The molecule has 0 spiro atoms. The summed E-state index contributed by atoms with van der Waals surface area (Å²) in [4.78, 5) is -0.560. The minimum atomic E-state index is -4.96. The van der Waals surface area contributed by atoms with Crippen molar-refractivity contribution in [2.24, 2.45) is 0 Å². The second-order valence-electron chi connectivity index (χ2n) is 3.74. The molecule has 0 saturated carbocycles. The Morgan fingerprint density at radius 2 is 1.90 bits per heavy atom. The number of rotatable bonds is 7. The average molecular weight is 313 g/mol. The van der Waals surface area contributed by atoms with E-state index in [0.717, 1.165) is 12.1 Å². The van der Waals surface area contributed by atoms with Crippen molar-refractivity contribution in [1.82, 2.24) is 4.72 Å². The van der Waals surface area contributed by atoms with Gasteiger partial charge in [0.2, 0.25) is 10.0 Å². The third kappa shape index (κ3) is 5.35. The number of hydrogen-bond acceptors (Lipinski definition) is 4. The van der Waals surface area contributed by atoms with Crippen molar-refractivity contribution in [1.29, 1.82) is 0 Å². The fourth-order valence-corrected chi connectivity index (χ4v) is 2.58. The summed E-state index contributed by atoms with van der Waals surface area (Å²) < 4.78 is 71.1. The van der Waals surface area contributed by atoms with Gasteiger partial charge in [0.25, 0.3) is 0 Å². The maximum Gasteiger partial charge on any atom is 0.573 e. The molecular formula is C11H14F3NO4S. The van der Waals surface area contributed by atoms with E-state index in [4.69, 9.17) is 4.74 Å². The highest BCUT2D eigenvalue weighted by Gasteiger charge is 2.33. The molecule has 1 aromatic carbocycles. The highest BCUT2D eigenvalue weighted by Crippen LogP contribution is 2.29. The number of methoxy groups -OCH3 is 1. The largest absolute Gasteiger partial charge is 0.573 e. The van der Waals surface area contributed by atoms with Crippen LogP contribution in [0.25, 0.3) is 0 Å². The highest BCUT2D eigenvalue weighted by molar-refractivity contribution is 7.89. The van der Waals surface area contributed by atoms with Crippen LogP contribution in [0.5, 0.6) is 5.75 Å². The summed E-state index contributed by atoms with van der Waals surface area (Å²) in [6.07, 6.45) is -4.56. The van der Waals surface area contributed by atoms with Crippen molar-refractivity contribution < 1.29 is 31.1 Å². The summed E-state index contributed by atoms with van der Waals surface area (Å²) in [6, 6.07) is 4.55. The Bertz CT molecular complexity index is 531. The smallest absolute Gasteiger partial charge is 0.404 e. The normalized spacial score (nSPS) is 12.4. The summed E-state index contributed by atoms with van der Waals surface area (Å²) in [7, 11) is -2.62. The molecule has 5 nitrogen and oxygen atoms in total. The van der Waals surface area contributed by atoms with Crippen LogP contribution in [0.2, 0.25) is 0 Å². The number of nitrogens with one attached hydrogen (secondary N) is 1. The second-order valence-corrected chi connectivity index (χ2v) is 5.47. The van der Waals surface area contributed by atoms with Gasteiger partial charge < -0.3 is 9.47 Å². The molecule has 0 saturated heterocycles. The Morgan fingerprint density at radius 3 is 2.50 bits per heavy atom. The Kier molecular flexibility index (Phi) is 5.78. The van der Waals surface area contributed by atoms with E-state index in [0.29, 0.717) is 13.0 Å². The van der Waals surface area contributed by atoms with Gasteiger partial charge in [-0.05, 0) is 18.6 Å². The zero-order valence-electron chi connectivity index (χ0n) is 10.6. The van der Waals surface area contributed by atoms with Gasteiger partial charge in [-0.2, -0.15) is 0 Å². The van der Waals surface area contributed by atoms with Crippen LogP contribution >= 0.6 is 0 Å². The molecule has 0 fully saturated rings. The zero-order chi connectivity index (χ0) is 15.2. The number of para-hydroxylation sites is 1. The maximum absolute atomic E-state index is 12.2. The van der Waals surface area contributed by atoms with Gasteiger partial charge in [0, 0.05) is 20.3 Å². The van der Waals surface area contributed by atoms with Gasteiger partial charge in [0.05, 0.1) is 0 Å². The summed E-state index contributed by atoms with van der Waals surface area (Å²) in [6.45, 7) is 0.389. The number of halogens is 3. The van der Waals surface area contributed by atoms with Crippen LogP contribution in [-0.4, -0.2) is 35.0 Å². The minimum Gasteiger partial charge on any atom is -0.404 e. The summed E-state index contributed by atoms with van der Waals surface area (Å²) in [5, 5.41) is 0. The molecule has 0 radical (unpaired) electrons. The number of benzene rings is 1. The van der Waals surface area contributed by atoms with Crippen molar-refractivity contribution >= 4 is 10.0 Å². The Balaban J connectivity index is 2.89. The molecule has 9 heteroatoms. The molecule has 0 atom stereocenters. The SMILES string of the molecule is COCCCNS(=O)(=O)c1ccccc1OC(F)(F)F. The molecule has 0 bridgehead atoms. The number of sulfonamides is 1. The van der Waals surface area contributed by atoms with E-state index in [2.05, 4.69) is 9.46 Å². The Hall–Kier alpha value is -1.32. The van der Waals surface area contributed by atoms with E-state index >= 15 is 0 Å². The molecule has 0 heterocycles. The van der Waals surface area contributed by atoms with Crippen molar-refractivity contribution in [3.8, 4) is 5.75 Å². The molecule has 1 rings (SSSR count). The zero-order valence-corrected chi connectivity index (χ0v) is 11.4. The Morgan fingerprint density at radius 1 is 1.25 bits per heavy atom. The number of hydrogen-bond donors (Lipinski definition) is 1. The first-order valence-corrected chi connectivity index (χ1v) is 7.08. The molecule has 114 valence electrons. The standard InChI is InChI=1S/C11H14F3NO4S/c1-18-8-4-7-15-20(16,17)10-6-3-2-5-9(10)19-11(12,13)14/h2-3,5-6,15H,4,7-8H2,1H3. The van der Waals surface area contributed by atoms with Gasteiger partial charge in [0.15, 0.2) is 0 Å². The van der Waals surface area contributed by atoms with Crippen LogP contribution in [0, 0.1) is 0 Å². The molecule has 0 aliphatic heterocycles. The molecule has 1 aromatic rings. The van der Waals surface area contributed by atoms with Gasteiger partial charge in [-0.25, -0.2) is 13.1 Å². The number of ether oxygens (including phenoxy) is 2. The van der Waals surface area contributed by atoms with Crippen molar-refractivity contribution in [2.75, 3.05) is 20.3 Å². The van der Waals surface area contributed by atoms with Crippen LogP contribution < -0.4 is 9.46 Å². The fourth-order valence-electron chi connectivity index (χ4n) is 1.38. The van der Waals surface area contributed by atoms with Crippen LogP contribution in [0.4, 0.5) is 13.2 Å². The van der Waals surface area contributed by atoms with E-state index < -0.39 is 27.0 Å². The van der Waals surface area contributed by atoms with Gasteiger partial charge in [-0.3, -0.25) is 0 Å². The quantitative estimate of drug-likeness (QED) is 0.781. The number of alkyl halides is 3. The molecule has 0 unspecified atom stereocenters. The van der Waals surface area contributed by atoms with Crippen LogP contribution in [-0.2, 0) is 14.8 Å². The summed E-state index contributed by atoms with van der Waals surface area (Å²) in [5.74, 6) is -0.765. The third-order valence-electron chi connectivity index (χ3n) is 2.18. The molecule has 0 aliphatic carbocycles. The van der Waals surface area contributed by atoms with Gasteiger partial charge in [-0.1, -0.05) is 12.1 Å². The first-order chi connectivity index (χ1) is 9.26. The molecule has 0 aromatic heterocycles. The maximum atomic E-state index is 12.2. The first kappa shape index (κ1) is 16.7. The fraction of sp³-hybridized carbons (Fsp3) is 0.455. The summed E-state index contributed by atoms with van der Waals surface area (Å²) in [5.41, 5.74) is 0. The van der Waals surface area contributed by atoms with Crippen LogP contribution in [0.3, 0.4) is 0 Å². The third-order valence-corrected chi connectivity index (χ3v) is 3.68. The van der Waals surface area contributed by atoms with E-state index in [1.165, 1.54) is 19.2 Å². The Labute approximate surface area is 114 Å². The van der Waals surface area contributed by atoms with Crippen molar-refractivity contribution in [3.63, 3.8) is 0 Å². The predicted octanol–water partition coefficient (Wildman–Crippen LogP) is 1.90. The van der Waals surface area contributed by atoms with Crippen molar-refractivity contribution in [2.45, 2.75) is 17.7 Å². The van der Waals surface area contributed by atoms with E-state index in [-0.39, 0.29) is 6.54 Å². The highest BCUT2D eigenvalue weighted by atomic mass is 32.2.